The second-order valence-electron chi connectivity index (χ2n) is 8.82. The number of hydrogen-bond donors (Lipinski definition) is 1. The molecule has 2 aliphatic rings. The third-order valence-electron chi connectivity index (χ3n) is 6.41. The second kappa shape index (κ2) is 10.4. The number of carbonyl (C=O) groups excluding carboxylic acids is 1. The Balaban J connectivity index is 1.47. The van der Waals surface area contributed by atoms with E-state index in [9.17, 15) is 4.79 Å². The van der Waals surface area contributed by atoms with E-state index >= 15 is 0 Å². The Labute approximate surface area is 230 Å². The maximum absolute atomic E-state index is 13.3. The van der Waals surface area contributed by atoms with Gasteiger partial charge in [-0.05, 0) is 60.2 Å². The van der Waals surface area contributed by atoms with Gasteiger partial charge < -0.3 is 4.74 Å². The minimum atomic E-state index is -0.352. The maximum Gasteiger partial charge on any atom is 0.271 e. The molecule has 3 heterocycles. The molecule has 3 aromatic carbocycles. The molecule has 1 amide bonds. The summed E-state index contributed by atoms with van der Waals surface area (Å²) in [5.41, 5.74) is 6.94. The van der Waals surface area contributed by atoms with Crippen LogP contribution in [0.5, 0.6) is 5.75 Å². The van der Waals surface area contributed by atoms with Crippen molar-refractivity contribution in [2.24, 2.45) is 9.98 Å². The number of carbonyl (C=O) groups is 1. The number of amides is 1. The van der Waals surface area contributed by atoms with Gasteiger partial charge >= 0.3 is 0 Å². The van der Waals surface area contributed by atoms with E-state index in [0.29, 0.717) is 22.4 Å². The number of halogens is 1. The van der Waals surface area contributed by atoms with Crippen LogP contribution in [0.15, 0.2) is 119 Å². The van der Waals surface area contributed by atoms with E-state index in [4.69, 9.17) is 26.3 Å². The summed E-state index contributed by atoms with van der Waals surface area (Å²) in [4.78, 5) is 27.2. The van der Waals surface area contributed by atoms with Crippen LogP contribution in [0.25, 0.3) is 5.70 Å². The van der Waals surface area contributed by atoms with Crippen molar-refractivity contribution in [2.45, 2.75) is 6.04 Å². The molecule has 9 heteroatoms. The first-order valence-corrected chi connectivity index (χ1v) is 12.6. The highest BCUT2D eigenvalue weighted by Gasteiger charge is 2.40. The van der Waals surface area contributed by atoms with Gasteiger partial charge in [0.15, 0.2) is 5.84 Å². The molecule has 0 saturated heterocycles. The topological polar surface area (TPSA) is 82.4 Å². The van der Waals surface area contributed by atoms with Crippen LogP contribution in [0.2, 0.25) is 5.02 Å². The van der Waals surface area contributed by atoms with Gasteiger partial charge in [0.25, 0.3) is 5.91 Å². The van der Waals surface area contributed by atoms with Gasteiger partial charge in [-0.15, -0.1) is 0 Å². The monoisotopic (exact) mass is 534 g/mol. The molecule has 0 aliphatic carbocycles. The Kier molecular flexibility index (Phi) is 6.52. The second-order valence-corrected chi connectivity index (χ2v) is 9.26. The standard InChI is InChI=1S/C30H23ClN6O2/c1-39-25-13-9-20(10-14-25)26-19-27(21-7-11-24(31)12-8-21)36-30(33-26)34-28(22-5-3-2-4-6-22)37(36)35-29(38)23-15-17-32-18-16-23/h2-19,27H,1H3,(H,35,38). The van der Waals surface area contributed by atoms with Gasteiger partial charge in [-0.2, -0.15) is 10.1 Å². The van der Waals surface area contributed by atoms with Crippen LogP contribution in [0, 0.1) is 0 Å². The van der Waals surface area contributed by atoms with E-state index in [0.717, 1.165) is 28.1 Å². The van der Waals surface area contributed by atoms with E-state index in [1.165, 1.54) is 0 Å². The molecule has 0 spiro atoms. The average Bonchev–Trinajstić information content (AvgIpc) is 3.36. The number of benzene rings is 3. The molecule has 1 N–H and O–H groups in total. The van der Waals surface area contributed by atoms with Crippen molar-refractivity contribution in [1.82, 2.24) is 20.5 Å². The van der Waals surface area contributed by atoms with Gasteiger partial charge in [0.1, 0.15) is 11.8 Å². The Morgan fingerprint density at radius 3 is 2.28 bits per heavy atom. The largest absolute Gasteiger partial charge is 0.497 e. The molecule has 1 aromatic heterocycles. The number of guanidine groups is 1. The van der Waals surface area contributed by atoms with Crippen molar-refractivity contribution in [2.75, 3.05) is 7.11 Å². The molecule has 0 bridgehead atoms. The molecule has 0 fully saturated rings. The molecular formula is C30H23ClN6O2. The number of aliphatic imine (C=N–C) groups is 2. The van der Waals surface area contributed by atoms with Gasteiger partial charge in [0.2, 0.25) is 5.96 Å². The highest BCUT2D eigenvalue weighted by atomic mass is 35.5. The lowest BCUT2D eigenvalue weighted by Gasteiger charge is -2.38. The lowest BCUT2D eigenvalue weighted by molar-refractivity contribution is 0.0442. The van der Waals surface area contributed by atoms with Crippen LogP contribution in [-0.2, 0) is 0 Å². The predicted molar refractivity (Wildman–Crippen MR) is 151 cm³/mol. The molecular weight excluding hydrogens is 512 g/mol. The van der Waals surface area contributed by atoms with Crippen LogP contribution in [-0.4, -0.2) is 39.9 Å². The van der Waals surface area contributed by atoms with Gasteiger partial charge in [-0.1, -0.05) is 54.1 Å². The third-order valence-corrected chi connectivity index (χ3v) is 6.66. The number of pyridine rings is 1. The highest BCUT2D eigenvalue weighted by molar-refractivity contribution is 6.30. The van der Waals surface area contributed by atoms with Crippen LogP contribution < -0.4 is 10.2 Å². The first-order chi connectivity index (χ1) is 19.1. The summed E-state index contributed by atoms with van der Waals surface area (Å²) in [7, 11) is 1.64. The average molecular weight is 535 g/mol. The number of nitrogens with one attached hydrogen (secondary N) is 1. The summed E-state index contributed by atoms with van der Waals surface area (Å²) in [6.07, 6.45) is 5.21. The molecule has 0 saturated carbocycles. The van der Waals surface area contributed by atoms with E-state index in [2.05, 4.69) is 10.4 Å². The fourth-order valence-electron chi connectivity index (χ4n) is 4.44. The Hall–Kier alpha value is -4.95. The molecule has 2 aliphatic heterocycles. The lowest BCUT2D eigenvalue weighted by Crippen LogP contribution is -2.55. The Bertz CT molecular complexity index is 1590. The van der Waals surface area contributed by atoms with Gasteiger partial charge in [-0.25, -0.2) is 15.4 Å². The zero-order valence-corrected chi connectivity index (χ0v) is 21.7. The fraction of sp³-hybridized carbons (Fsp3) is 0.0667. The maximum atomic E-state index is 13.3. The van der Waals surface area contributed by atoms with Crippen molar-refractivity contribution >= 4 is 35.0 Å². The molecule has 8 nitrogen and oxygen atoms in total. The van der Waals surface area contributed by atoms with Gasteiger partial charge in [0, 0.05) is 34.1 Å². The molecule has 4 aromatic rings. The van der Waals surface area contributed by atoms with Crippen LogP contribution >= 0.6 is 11.6 Å². The van der Waals surface area contributed by atoms with E-state index < -0.39 is 0 Å². The number of hydrogen-bond acceptors (Lipinski definition) is 7. The third kappa shape index (κ3) is 4.85. The predicted octanol–water partition coefficient (Wildman–Crippen LogP) is 5.52. The minimum absolute atomic E-state index is 0.304. The Morgan fingerprint density at radius 1 is 0.872 bits per heavy atom. The summed E-state index contributed by atoms with van der Waals surface area (Å²) in [6.45, 7) is 0. The quantitative estimate of drug-likeness (QED) is 0.352. The SMILES string of the molecule is COc1ccc(C2=CC(c3ccc(Cl)cc3)N3C(=N2)N=C(c2ccccc2)N3NC(=O)c2ccncc2)cc1. The number of methoxy groups -OCH3 is 1. The zero-order valence-electron chi connectivity index (χ0n) is 20.9. The van der Waals surface area contributed by atoms with Crippen molar-refractivity contribution in [3.05, 3.63) is 137 Å². The Morgan fingerprint density at radius 2 is 1.59 bits per heavy atom. The lowest BCUT2D eigenvalue weighted by atomic mass is 10.0. The fourth-order valence-corrected chi connectivity index (χ4v) is 4.57. The number of aromatic nitrogens is 1. The van der Waals surface area contributed by atoms with Crippen LogP contribution in [0.4, 0.5) is 0 Å². The van der Waals surface area contributed by atoms with E-state index in [-0.39, 0.29) is 11.9 Å². The first kappa shape index (κ1) is 24.4. The van der Waals surface area contributed by atoms with Gasteiger partial charge in [0.05, 0.1) is 12.8 Å². The molecule has 0 radical (unpaired) electrons. The smallest absolute Gasteiger partial charge is 0.271 e. The zero-order chi connectivity index (χ0) is 26.8. The number of amidine groups is 1. The summed E-state index contributed by atoms with van der Waals surface area (Å²) >= 11 is 6.22. The minimum Gasteiger partial charge on any atom is -0.497 e. The van der Waals surface area contributed by atoms with Crippen molar-refractivity contribution in [3.8, 4) is 5.75 Å². The van der Waals surface area contributed by atoms with Crippen molar-refractivity contribution in [1.29, 1.82) is 0 Å². The summed E-state index contributed by atoms with van der Waals surface area (Å²) in [6, 6.07) is 28.0. The van der Waals surface area contributed by atoms with Gasteiger partial charge in [-0.3, -0.25) is 9.78 Å². The normalized spacial score (nSPS) is 16.2. The number of hydrazine groups is 2. The number of ether oxygens (including phenoxy) is 1. The van der Waals surface area contributed by atoms with Crippen LogP contribution in [0.3, 0.4) is 0 Å². The van der Waals surface area contributed by atoms with E-state index in [1.54, 1.807) is 36.8 Å². The molecule has 1 unspecified atom stereocenters. The van der Waals surface area contributed by atoms with E-state index in [1.807, 2.05) is 89.9 Å². The number of fused-ring (bicyclic) bond motifs is 1. The summed E-state index contributed by atoms with van der Waals surface area (Å²) in [5.74, 6) is 1.44. The molecule has 192 valence electrons. The van der Waals surface area contributed by atoms with Crippen molar-refractivity contribution in [3.63, 3.8) is 0 Å². The highest BCUT2D eigenvalue weighted by Crippen LogP contribution is 2.37. The van der Waals surface area contributed by atoms with Crippen molar-refractivity contribution < 1.29 is 9.53 Å². The molecule has 6 rings (SSSR count). The summed E-state index contributed by atoms with van der Waals surface area (Å²) in [5, 5.41) is 4.17. The number of nitrogens with zero attached hydrogens (tertiary/aromatic N) is 5. The summed E-state index contributed by atoms with van der Waals surface area (Å²) < 4.78 is 5.33. The first-order valence-electron chi connectivity index (χ1n) is 12.3. The number of rotatable bonds is 6. The molecule has 1 atom stereocenters. The van der Waals surface area contributed by atoms with Crippen LogP contribution in [0.1, 0.15) is 33.1 Å². The molecule has 39 heavy (non-hydrogen) atoms.